The lowest BCUT2D eigenvalue weighted by molar-refractivity contribution is -0.124. The molecular weight excluding hydrogens is 476 g/mol. The van der Waals surface area contributed by atoms with Crippen molar-refractivity contribution in [2.24, 2.45) is 0 Å². The zero-order valence-electron chi connectivity index (χ0n) is 19.8. The Bertz CT molecular complexity index is 1250. The Morgan fingerprint density at radius 1 is 1.03 bits per heavy atom. The summed E-state index contributed by atoms with van der Waals surface area (Å²) in [4.78, 5) is 34.8. The molecule has 2 fully saturated rings. The molecule has 2 atom stereocenters. The molecule has 2 aliphatic heterocycles. The summed E-state index contributed by atoms with van der Waals surface area (Å²) in [5, 5.41) is 3.18. The lowest BCUT2D eigenvalue weighted by atomic mass is 10.1. The molecule has 2 aromatic carbocycles. The van der Waals surface area contributed by atoms with Gasteiger partial charge in [0.15, 0.2) is 0 Å². The summed E-state index contributed by atoms with van der Waals surface area (Å²) >= 11 is 1.32. The molecule has 0 spiro atoms. The summed E-state index contributed by atoms with van der Waals surface area (Å²) in [6.45, 7) is 2.15. The first-order valence-corrected chi connectivity index (χ1v) is 13.2. The molecule has 1 aliphatic carbocycles. The lowest BCUT2D eigenvalue weighted by Crippen LogP contribution is -2.48. The molecule has 3 aliphatic rings. The topological polar surface area (TPSA) is 84.0 Å². The third-order valence-corrected chi connectivity index (χ3v) is 7.60. The lowest BCUT2D eigenvalue weighted by Gasteiger charge is -2.25. The quantitative estimate of drug-likeness (QED) is 0.576. The summed E-state index contributed by atoms with van der Waals surface area (Å²) in [5.74, 6) is 1.39. The molecule has 3 aromatic rings. The van der Waals surface area contributed by atoms with Gasteiger partial charge in [-0.25, -0.2) is 0 Å². The second kappa shape index (κ2) is 10.0. The summed E-state index contributed by atoms with van der Waals surface area (Å²) in [7, 11) is 0. The number of rotatable bonds is 2. The SMILES string of the molecule is O=C1CN(C2CC2)Cc2cccc(c2)Oc2cccc(c2)CO[C@H]2CN(C(=O)c3cncs3)C[C@@H]2N1. The van der Waals surface area contributed by atoms with E-state index in [1.807, 2.05) is 42.5 Å². The van der Waals surface area contributed by atoms with Crippen molar-refractivity contribution in [2.75, 3.05) is 19.6 Å². The number of hydrogen-bond donors (Lipinski definition) is 1. The fraction of sp³-hybridized carbons (Fsp3) is 0.370. The number of fused-ring (bicyclic) bond motifs is 5. The van der Waals surface area contributed by atoms with Crippen molar-refractivity contribution >= 4 is 23.2 Å². The highest BCUT2D eigenvalue weighted by Gasteiger charge is 2.38. The zero-order valence-corrected chi connectivity index (χ0v) is 20.7. The summed E-state index contributed by atoms with van der Waals surface area (Å²) in [5.41, 5.74) is 3.73. The highest BCUT2D eigenvalue weighted by molar-refractivity contribution is 7.11. The number of likely N-dealkylation sites (tertiary alicyclic amines) is 1. The maximum absolute atomic E-state index is 13.2. The van der Waals surface area contributed by atoms with Crippen molar-refractivity contribution in [1.29, 1.82) is 0 Å². The molecule has 4 bridgehead atoms. The molecular formula is C27H28N4O4S. The van der Waals surface area contributed by atoms with E-state index >= 15 is 0 Å². The highest BCUT2D eigenvalue weighted by atomic mass is 32.1. The van der Waals surface area contributed by atoms with Gasteiger partial charge >= 0.3 is 0 Å². The van der Waals surface area contributed by atoms with E-state index in [0.29, 0.717) is 43.7 Å². The van der Waals surface area contributed by atoms with Crippen LogP contribution in [-0.4, -0.2) is 64.4 Å². The predicted octanol–water partition coefficient (Wildman–Crippen LogP) is 3.44. The maximum Gasteiger partial charge on any atom is 0.265 e. The summed E-state index contributed by atoms with van der Waals surface area (Å²) in [6.07, 6.45) is 3.47. The van der Waals surface area contributed by atoms with Crippen molar-refractivity contribution in [3.05, 3.63) is 76.2 Å². The largest absolute Gasteiger partial charge is 0.457 e. The Balaban J connectivity index is 1.27. The first-order chi connectivity index (χ1) is 17.6. The van der Waals surface area contributed by atoms with Gasteiger partial charge in [-0.3, -0.25) is 19.5 Å². The van der Waals surface area contributed by atoms with Crippen molar-refractivity contribution in [3.8, 4) is 11.5 Å². The second-order valence-electron chi connectivity index (χ2n) is 9.63. The number of hydrogen-bond acceptors (Lipinski definition) is 7. The minimum atomic E-state index is -0.314. The average Bonchev–Trinajstić information content (AvgIpc) is 3.42. The normalized spacial score (nSPS) is 23.0. The molecule has 1 N–H and O–H groups in total. The van der Waals surface area contributed by atoms with Crippen LogP contribution in [0, 0.1) is 0 Å². The molecule has 1 aromatic heterocycles. The first-order valence-electron chi connectivity index (χ1n) is 12.3. The van der Waals surface area contributed by atoms with Gasteiger partial charge in [-0.2, -0.15) is 0 Å². The number of aromatic nitrogens is 1. The van der Waals surface area contributed by atoms with Crippen LogP contribution < -0.4 is 10.1 Å². The van der Waals surface area contributed by atoms with Crippen molar-refractivity contribution in [3.63, 3.8) is 0 Å². The van der Waals surface area contributed by atoms with Gasteiger partial charge in [0.1, 0.15) is 16.4 Å². The van der Waals surface area contributed by atoms with E-state index in [9.17, 15) is 9.59 Å². The number of carbonyl (C=O) groups is 2. The molecule has 36 heavy (non-hydrogen) atoms. The average molecular weight is 505 g/mol. The number of ether oxygens (including phenoxy) is 2. The molecule has 0 unspecified atom stereocenters. The Morgan fingerprint density at radius 2 is 1.81 bits per heavy atom. The van der Waals surface area contributed by atoms with Gasteiger partial charge in [0, 0.05) is 25.7 Å². The van der Waals surface area contributed by atoms with Gasteiger partial charge in [-0.05, 0) is 48.2 Å². The first kappa shape index (κ1) is 23.1. The molecule has 9 heteroatoms. The van der Waals surface area contributed by atoms with Crippen LogP contribution >= 0.6 is 11.3 Å². The number of benzene rings is 2. The smallest absolute Gasteiger partial charge is 0.265 e. The van der Waals surface area contributed by atoms with Gasteiger partial charge in [0.25, 0.3) is 5.91 Å². The van der Waals surface area contributed by atoms with Crippen molar-refractivity contribution in [2.45, 2.75) is 44.2 Å². The Morgan fingerprint density at radius 3 is 2.56 bits per heavy atom. The van der Waals surface area contributed by atoms with Gasteiger partial charge in [0.2, 0.25) is 5.91 Å². The van der Waals surface area contributed by atoms with E-state index in [4.69, 9.17) is 9.47 Å². The van der Waals surface area contributed by atoms with E-state index in [1.165, 1.54) is 11.3 Å². The number of nitrogens with zero attached hydrogens (tertiary/aromatic N) is 3. The van der Waals surface area contributed by atoms with Crippen LogP contribution in [0.4, 0.5) is 0 Å². The third kappa shape index (κ3) is 5.28. The summed E-state index contributed by atoms with van der Waals surface area (Å²) in [6, 6.07) is 16.0. The van der Waals surface area contributed by atoms with Crippen LogP contribution in [0.1, 0.15) is 33.6 Å². The second-order valence-corrected chi connectivity index (χ2v) is 10.5. The predicted molar refractivity (Wildman–Crippen MR) is 135 cm³/mol. The Kier molecular flexibility index (Phi) is 6.43. The van der Waals surface area contributed by atoms with Gasteiger partial charge in [0.05, 0.1) is 37.0 Å². The van der Waals surface area contributed by atoms with Gasteiger partial charge in [-0.1, -0.05) is 24.3 Å². The van der Waals surface area contributed by atoms with Crippen LogP contribution in [0.25, 0.3) is 0 Å². The van der Waals surface area contributed by atoms with Crippen LogP contribution in [0.2, 0.25) is 0 Å². The van der Waals surface area contributed by atoms with Crippen LogP contribution in [0.15, 0.2) is 60.2 Å². The van der Waals surface area contributed by atoms with Crippen molar-refractivity contribution in [1.82, 2.24) is 20.1 Å². The van der Waals surface area contributed by atoms with E-state index in [1.54, 1.807) is 16.6 Å². The zero-order chi connectivity index (χ0) is 24.5. The third-order valence-electron chi connectivity index (χ3n) is 6.84. The van der Waals surface area contributed by atoms with Gasteiger partial charge in [-0.15, -0.1) is 11.3 Å². The van der Waals surface area contributed by atoms with Crippen molar-refractivity contribution < 1.29 is 19.1 Å². The molecule has 1 saturated heterocycles. The molecule has 2 amide bonds. The molecule has 1 saturated carbocycles. The standard InChI is InChI=1S/C27H28N4O4S/c32-26-15-30(20-7-8-20)12-18-3-1-5-21(9-18)35-22-6-2-4-19(10-22)16-34-24-14-31(13-23(24)29-26)27(33)25-11-28-17-36-25/h1-6,9-11,17,20,23-24H,7-8,12-16H2,(H,29,32)/t23-,24-/m0/s1. The fourth-order valence-corrected chi connectivity index (χ4v) is 5.48. The molecule has 0 radical (unpaired) electrons. The number of thiazole rings is 1. The van der Waals surface area contributed by atoms with Crippen LogP contribution in [-0.2, 0) is 22.7 Å². The Hall–Kier alpha value is -3.27. The number of carbonyl (C=O) groups excluding carboxylic acids is 2. The monoisotopic (exact) mass is 504 g/mol. The van der Waals surface area contributed by atoms with Crippen LogP contribution in [0.5, 0.6) is 11.5 Å². The number of amides is 2. The van der Waals surface area contributed by atoms with E-state index in [2.05, 4.69) is 21.3 Å². The summed E-state index contributed by atoms with van der Waals surface area (Å²) < 4.78 is 12.5. The Labute approximate surface area is 213 Å². The highest BCUT2D eigenvalue weighted by Crippen LogP contribution is 2.30. The molecule has 3 heterocycles. The van der Waals surface area contributed by atoms with E-state index in [-0.39, 0.29) is 24.0 Å². The molecule has 6 rings (SSSR count). The number of nitrogens with one attached hydrogen (secondary N) is 1. The van der Waals surface area contributed by atoms with Gasteiger partial charge < -0.3 is 19.7 Å². The molecule has 8 nitrogen and oxygen atoms in total. The van der Waals surface area contributed by atoms with E-state index < -0.39 is 0 Å². The minimum Gasteiger partial charge on any atom is -0.457 e. The van der Waals surface area contributed by atoms with E-state index in [0.717, 1.165) is 35.5 Å². The minimum absolute atomic E-state index is 0.0471. The fourth-order valence-electron chi connectivity index (χ4n) is 4.90. The van der Waals surface area contributed by atoms with Crippen LogP contribution in [0.3, 0.4) is 0 Å². The molecule has 186 valence electrons. The maximum atomic E-state index is 13.2.